The van der Waals surface area contributed by atoms with E-state index in [1.807, 2.05) is 7.05 Å². The van der Waals surface area contributed by atoms with Crippen molar-refractivity contribution in [2.75, 3.05) is 26.7 Å². The highest BCUT2D eigenvalue weighted by Crippen LogP contribution is 2.20. The molecule has 4 heteroatoms. The summed E-state index contributed by atoms with van der Waals surface area (Å²) in [4.78, 5) is 2.56. The molecule has 120 valence electrons. The van der Waals surface area contributed by atoms with Crippen molar-refractivity contribution >= 4 is 12.4 Å². The van der Waals surface area contributed by atoms with E-state index in [0.717, 1.165) is 24.8 Å². The third-order valence-corrected chi connectivity index (χ3v) is 3.90. The van der Waals surface area contributed by atoms with Gasteiger partial charge in [0.05, 0.1) is 6.10 Å². The van der Waals surface area contributed by atoms with E-state index in [-0.39, 0.29) is 18.5 Å². The predicted molar refractivity (Wildman–Crippen MR) is 91.4 cm³/mol. The zero-order valence-corrected chi connectivity index (χ0v) is 14.3. The van der Waals surface area contributed by atoms with Crippen LogP contribution < -0.4 is 10.1 Å². The minimum absolute atomic E-state index is 0. The number of nitrogens with zero attached hydrogens (tertiary/aromatic N) is 1. The van der Waals surface area contributed by atoms with E-state index >= 15 is 0 Å². The molecule has 0 spiro atoms. The Morgan fingerprint density at radius 3 is 2.33 bits per heavy atom. The molecule has 2 rings (SSSR count). The second kappa shape index (κ2) is 9.29. The molecule has 1 heterocycles. The first-order valence-electron chi connectivity index (χ1n) is 7.80. The third-order valence-electron chi connectivity index (χ3n) is 3.90. The number of likely N-dealkylation sites (tertiary alicyclic amines) is 1. The molecule has 3 nitrogen and oxygen atoms in total. The van der Waals surface area contributed by atoms with E-state index in [1.165, 1.54) is 31.5 Å². The molecule has 0 aromatic heterocycles. The van der Waals surface area contributed by atoms with Crippen LogP contribution in [-0.2, 0) is 6.54 Å². The molecule has 1 aromatic carbocycles. The predicted octanol–water partition coefficient (Wildman–Crippen LogP) is 3.33. The number of hydrogen-bond acceptors (Lipinski definition) is 3. The Morgan fingerprint density at radius 2 is 1.81 bits per heavy atom. The van der Waals surface area contributed by atoms with Gasteiger partial charge in [0.25, 0.3) is 0 Å². The summed E-state index contributed by atoms with van der Waals surface area (Å²) in [5, 5.41) is 3.29. The molecular formula is C17H29ClN2O. The highest BCUT2D eigenvalue weighted by molar-refractivity contribution is 5.85. The van der Waals surface area contributed by atoms with Crippen LogP contribution in [0.3, 0.4) is 0 Å². The van der Waals surface area contributed by atoms with Crippen molar-refractivity contribution in [1.82, 2.24) is 10.2 Å². The zero-order valence-electron chi connectivity index (χ0n) is 13.5. The summed E-state index contributed by atoms with van der Waals surface area (Å²) in [6.45, 7) is 8.78. The SMILES string of the molecule is CNCC1CCN(Cc2ccc(OC(C)C)cc2)CC1.Cl. The Bertz CT molecular complexity index is 386. The number of halogens is 1. The van der Waals surface area contributed by atoms with Gasteiger partial charge in [0.15, 0.2) is 0 Å². The standard InChI is InChI=1S/C17H28N2O.ClH/c1-14(2)20-17-6-4-16(5-7-17)13-19-10-8-15(9-11-19)12-18-3;/h4-7,14-15,18H,8-13H2,1-3H3;1H. The number of nitrogens with one attached hydrogen (secondary N) is 1. The number of piperidine rings is 1. The summed E-state index contributed by atoms with van der Waals surface area (Å²) in [6, 6.07) is 8.56. The van der Waals surface area contributed by atoms with Crippen molar-refractivity contribution in [1.29, 1.82) is 0 Å². The topological polar surface area (TPSA) is 24.5 Å². The molecule has 1 N–H and O–H groups in total. The smallest absolute Gasteiger partial charge is 0.119 e. The molecule has 21 heavy (non-hydrogen) atoms. The van der Waals surface area contributed by atoms with Crippen LogP contribution in [0.15, 0.2) is 24.3 Å². The lowest BCUT2D eigenvalue weighted by molar-refractivity contribution is 0.176. The molecule has 1 aliphatic heterocycles. The van der Waals surface area contributed by atoms with Gasteiger partial charge in [-0.1, -0.05) is 12.1 Å². The van der Waals surface area contributed by atoms with E-state index in [2.05, 4.69) is 48.3 Å². The molecule has 1 saturated heterocycles. The van der Waals surface area contributed by atoms with Crippen molar-refractivity contribution in [3.05, 3.63) is 29.8 Å². The number of benzene rings is 1. The van der Waals surface area contributed by atoms with Crippen LogP contribution in [0.2, 0.25) is 0 Å². The molecule has 0 saturated carbocycles. The minimum Gasteiger partial charge on any atom is -0.491 e. The first kappa shape index (κ1) is 18.3. The van der Waals surface area contributed by atoms with Crippen molar-refractivity contribution in [3.63, 3.8) is 0 Å². The summed E-state index contributed by atoms with van der Waals surface area (Å²) < 4.78 is 5.68. The molecule has 0 amide bonds. The van der Waals surface area contributed by atoms with Gasteiger partial charge < -0.3 is 10.1 Å². The summed E-state index contributed by atoms with van der Waals surface area (Å²) in [5.74, 6) is 1.83. The van der Waals surface area contributed by atoms with Crippen LogP contribution in [0.25, 0.3) is 0 Å². The van der Waals surface area contributed by atoms with Crippen LogP contribution in [0.1, 0.15) is 32.3 Å². The van der Waals surface area contributed by atoms with Gasteiger partial charge in [-0.15, -0.1) is 12.4 Å². The van der Waals surface area contributed by atoms with Crippen LogP contribution in [0.4, 0.5) is 0 Å². The fraction of sp³-hybridized carbons (Fsp3) is 0.647. The van der Waals surface area contributed by atoms with Gasteiger partial charge in [-0.2, -0.15) is 0 Å². The van der Waals surface area contributed by atoms with Crippen LogP contribution in [0, 0.1) is 5.92 Å². The van der Waals surface area contributed by atoms with Crippen molar-refractivity contribution in [2.24, 2.45) is 5.92 Å². The van der Waals surface area contributed by atoms with Crippen molar-refractivity contribution < 1.29 is 4.74 Å². The van der Waals surface area contributed by atoms with Crippen LogP contribution in [-0.4, -0.2) is 37.7 Å². The lowest BCUT2D eigenvalue weighted by atomic mass is 9.96. The monoisotopic (exact) mass is 312 g/mol. The van der Waals surface area contributed by atoms with E-state index in [4.69, 9.17) is 4.74 Å². The molecule has 0 bridgehead atoms. The number of rotatable bonds is 6. The van der Waals surface area contributed by atoms with Gasteiger partial charge in [-0.3, -0.25) is 4.90 Å². The fourth-order valence-electron chi connectivity index (χ4n) is 2.84. The summed E-state index contributed by atoms with van der Waals surface area (Å²) in [6.07, 6.45) is 2.87. The maximum atomic E-state index is 5.68. The minimum atomic E-state index is 0. The van der Waals surface area contributed by atoms with E-state index < -0.39 is 0 Å². The van der Waals surface area contributed by atoms with Gasteiger partial charge in [0.1, 0.15) is 5.75 Å². The van der Waals surface area contributed by atoms with Crippen molar-refractivity contribution in [2.45, 2.75) is 39.3 Å². The van der Waals surface area contributed by atoms with Crippen molar-refractivity contribution in [3.8, 4) is 5.75 Å². The van der Waals surface area contributed by atoms with E-state index in [0.29, 0.717) is 0 Å². The largest absolute Gasteiger partial charge is 0.491 e. The molecule has 0 aliphatic carbocycles. The summed E-state index contributed by atoms with van der Waals surface area (Å²) in [7, 11) is 2.05. The molecule has 1 aromatic rings. The van der Waals surface area contributed by atoms with Gasteiger partial charge in [0.2, 0.25) is 0 Å². The van der Waals surface area contributed by atoms with Gasteiger partial charge in [-0.25, -0.2) is 0 Å². The lowest BCUT2D eigenvalue weighted by Gasteiger charge is -2.31. The molecule has 0 radical (unpaired) electrons. The Balaban J connectivity index is 0.00000220. The maximum absolute atomic E-state index is 5.68. The molecule has 0 atom stereocenters. The molecule has 1 fully saturated rings. The average molecular weight is 313 g/mol. The van der Waals surface area contributed by atoms with Crippen LogP contribution in [0.5, 0.6) is 5.75 Å². The second-order valence-corrected chi connectivity index (χ2v) is 6.09. The highest BCUT2D eigenvalue weighted by atomic mass is 35.5. The third kappa shape index (κ3) is 6.25. The summed E-state index contributed by atoms with van der Waals surface area (Å²) in [5.41, 5.74) is 1.38. The first-order valence-corrected chi connectivity index (χ1v) is 7.80. The molecular weight excluding hydrogens is 284 g/mol. The van der Waals surface area contributed by atoms with Crippen LogP contribution >= 0.6 is 12.4 Å². The Labute approximate surface area is 135 Å². The lowest BCUT2D eigenvalue weighted by Crippen LogP contribution is -2.36. The van der Waals surface area contributed by atoms with E-state index in [9.17, 15) is 0 Å². The average Bonchev–Trinajstić information content (AvgIpc) is 2.43. The maximum Gasteiger partial charge on any atom is 0.119 e. The quantitative estimate of drug-likeness (QED) is 0.872. The zero-order chi connectivity index (χ0) is 14.4. The fourth-order valence-corrected chi connectivity index (χ4v) is 2.84. The summed E-state index contributed by atoms with van der Waals surface area (Å²) >= 11 is 0. The highest BCUT2D eigenvalue weighted by Gasteiger charge is 2.18. The second-order valence-electron chi connectivity index (χ2n) is 6.09. The van der Waals surface area contributed by atoms with E-state index in [1.54, 1.807) is 0 Å². The first-order chi connectivity index (χ1) is 9.67. The Kier molecular flexibility index (Phi) is 8.09. The number of ether oxygens (including phenoxy) is 1. The Morgan fingerprint density at radius 1 is 1.19 bits per heavy atom. The van der Waals surface area contributed by atoms with Gasteiger partial charge in [-0.05, 0) is 77.0 Å². The van der Waals surface area contributed by atoms with Gasteiger partial charge >= 0.3 is 0 Å². The number of hydrogen-bond donors (Lipinski definition) is 1. The normalized spacial score (nSPS) is 16.8. The molecule has 1 aliphatic rings. The van der Waals surface area contributed by atoms with Gasteiger partial charge in [0, 0.05) is 6.54 Å². The Hall–Kier alpha value is -0.770. The molecule has 0 unspecified atom stereocenters.